The molecule has 0 aliphatic heterocycles. The highest BCUT2D eigenvalue weighted by Crippen LogP contribution is 2.29. The number of aromatic nitrogens is 1. The molecule has 0 fully saturated rings. The van der Waals surface area contributed by atoms with Crippen LogP contribution in [0.25, 0.3) is 11.3 Å². The first-order chi connectivity index (χ1) is 9.06. The molecule has 0 spiro atoms. The molecule has 2 rings (SSSR count). The Labute approximate surface area is 123 Å². The number of hydrogen-bond acceptors (Lipinski definition) is 3. The van der Waals surface area contributed by atoms with Crippen LogP contribution in [0.2, 0.25) is 5.02 Å². The molecule has 2 aromatic rings. The second-order valence-electron chi connectivity index (χ2n) is 5.05. The van der Waals surface area contributed by atoms with Crippen molar-refractivity contribution in [3.8, 4) is 11.3 Å². The molecular formula is C15H19ClN2S. The summed E-state index contributed by atoms with van der Waals surface area (Å²) in [6.45, 7) is 8.38. The van der Waals surface area contributed by atoms with E-state index in [1.807, 2.05) is 18.2 Å². The Morgan fingerprint density at radius 3 is 2.84 bits per heavy atom. The quantitative estimate of drug-likeness (QED) is 0.877. The maximum atomic E-state index is 6.04. The van der Waals surface area contributed by atoms with Gasteiger partial charge in [0, 0.05) is 22.0 Å². The van der Waals surface area contributed by atoms with Gasteiger partial charge in [0.05, 0.1) is 5.69 Å². The lowest BCUT2D eigenvalue weighted by molar-refractivity contribution is 0.551. The first kappa shape index (κ1) is 14.5. The lowest BCUT2D eigenvalue weighted by Crippen LogP contribution is -2.18. The van der Waals surface area contributed by atoms with Gasteiger partial charge in [0.25, 0.3) is 0 Å². The van der Waals surface area contributed by atoms with Gasteiger partial charge in [-0.15, -0.1) is 11.3 Å². The summed E-state index contributed by atoms with van der Waals surface area (Å²) >= 11 is 7.79. The van der Waals surface area contributed by atoms with E-state index in [9.17, 15) is 0 Å². The maximum absolute atomic E-state index is 6.04. The topological polar surface area (TPSA) is 24.9 Å². The van der Waals surface area contributed by atoms with Gasteiger partial charge in [0.1, 0.15) is 5.01 Å². The van der Waals surface area contributed by atoms with Crippen molar-refractivity contribution in [3.63, 3.8) is 0 Å². The van der Waals surface area contributed by atoms with Crippen molar-refractivity contribution in [2.75, 3.05) is 6.54 Å². The fraction of sp³-hybridized carbons (Fsp3) is 0.400. The number of nitrogens with zero attached hydrogens (tertiary/aromatic N) is 1. The van der Waals surface area contributed by atoms with Gasteiger partial charge >= 0.3 is 0 Å². The number of hydrogen-bond donors (Lipinski definition) is 1. The lowest BCUT2D eigenvalue weighted by Gasteiger charge is -2.04. The van der Waals surface area contributed by atoms with Gasteiger partial charge in [-0.25, -0.2) is 4.98 Å². The summed E-state index contributed by atoms with van der Waals surface area (Å²) in [5.41, 5.74) is 2.14. The van der Waals surface area contributed by atoms with E-state index in [2.05, 4.69) is 32.2 Å². The van der Waals surface area contributed by atoms with Crippen LogP contribution in [-0.2, 0) is 6.54 Å². The van der Waals surface area contributed by atoms with Gasteiger partial charge < -0.3 is 5.32 Å². The van der Waals surface area contributed by atoms with Crippen molar-refractivity contribution < 1.29 is 0 Å². The molecule has 0 unspecified atom stereocenters. The van der Waals surface area contributed by atoms with E-state index < -0.39 is 0 Å². The Morgan fingerprint density at radius 1 is 1.37 bits per heavy atom. The van der Waals surface area contributed by atoms with Gasteiger partial charge in [-0.05, 0) is 31.5 Å². The summed E-state index contributed by atoms with van der Waals surface area (Å²) in [6.07, 6.45) is 0. The van der Waals surface area contributed by atoms with E-state index >= 15 is 0 Å². The van der Waals surface area contributed by atoms with Crippen LogP contribution in [0.1, 0.15) is 23.7 Å². The standard InChI is InChI=1S/C15H19ClN2S/c1-10(2)8-17-9-14-18-15(11(3)19-14)12-5-4-6-13(16)7-12/h4-7,10,17H,8-9H2,1-3H3. The van der Waals surface area contributed by atoms with Crippen molar-refractivity contribution in [2.24, 2.45) is 5.92 Å². The molecule has 0 saturated carbocycles. The summed E-state index contributed by atoms with van der Waals surface area (Å²) in [5, 5.41) is 5.31. The van der Waals surface area contributed by atoms with E-state index in [-0.39, 0.29) is 0 Å². The van der Waals surface area contributed by atoms with Gasteiger partial charge in [0.2, 0.25) is 0 Å². The van der Waals surface area contributed by atoms with Crippen LogP contribution in [0, 0.1) is 12.8 Å². The summed E-state index contributed by atoms with van der Waals surface area (Å²) in [6, 6.07) is 7.87. The Bertz CT molecular complexity index is 549. The Balaban J connectivity index is 2.12. The van der Waals surface area contributed by atoms with Crippen LogP contribution in [-0.4, -0.2) is 11.5 Å². The molecule has 0 atom stereocenters. The molecule has 0 amide bonds. The lowest BCUT2D eigenvalue weighted by atomic mass is 10.1. The van der Waals surface area contributed by atoms with Gasteiger partial charge in [-0.3, -0.25) is 0 Å². The second kappa shape index (κ2) is 6.51. The smallest absolute Gasteiger partial charge is 0.107 e. The van der Waals surface area contributed by atoms with Gasteiger partial charge in [0.15, 0.2) is 0 Å². The second-order valence-corrected chi connectivity index (χ2v) is 6.77. The molecule has 0 bridgehead atoms. The average molecular weight is 295 g/mol. The van der Waals surface area contributed by atoms with Crippen molar-refractivity contribution in [2.45, 2.75) is 27.3 Å². The summed E-state index contributed by atoms with van der Waals surface area (Å²) in [7, 11) is 0. The number of halogens is 1. The Kier molecular flexibility index (Phi) is 4.97. The van der Waals surface area contributed by atoms with Crippen LogP contribution in [0.4, 0.5) is 0 Å². The normalized spacial score (nSPS) is 11.2. The molecule has 0 saturated heterocycles. The molecule has 4 heteroatoms. The highest BCUT2D eigenvalue weighted by molar-refractivity contribution is 7.12. The minimum atomic E-state index is 0.661. The largest absolute Gasteiger partial charge is 0.310 e. The molecule has 1 N–H and O–H groups in total. The fourth-order valence-electron chi connectivity index (χ4n) is 1.90. The van der Waals surface area contributed by atoms with Crippen molar-refractivity contribution in [3.05, 3.63) is 39.2 Å². The monoisotopic (exact) mass is 294 g/mol. The molecule has 1 aromatic heterocycles. The number of rotatable bonds is 5. The van der Waals surface area contributed by atoms with Gasteiger partial charge in [-0.1, -0.05) is 37.6 Å². The fourth-order valence-corrected chi connectivity index (χ4v) is 3.01. The zero-order valence-electron chi connectivity index (χ0n) is 11.5. The molecule has 0 aliphatic carbocycles. The van der Waals surface area contributed by atoms with Crippen LogP contribution in [0.3, 0.4) is 0 Å². The van der Waals surface area contributed by atoms with E-state index in [0.717, 1.165) is 34.4 Å². The zero-order valence-corrected chi connectivity index (χ0v) is 13.1. The predicted molar refractivity (Wildman–Crippen MR) is 83.8 cm³/mol. The third kappa shape index (κ3) is 4.03. The van der Waals surface area contributed by atoms with Crippen molar-refractivity contribution in [1.82, 2.24) is 10.3 Å². The maximum Gasteiger partial charge on any atom is 0.107 e. The molecule has 102 valence electrons. The third-order valence-electron chi connectivity index (χ3n) is 2.77. The summed E-state index contributed by atoms with van der Waals surface area (Å²) in [4.78, 5) is 5.95. The van der Waals surface area contributed by atoms with Crippen molar-refractivity contribution in [1.29, 1.82) is 0 Å². The van der Waals surface area contributed by atoms with Gasteiger partial charge in [-0.2, -0.15) is 0 Å². The molecule has 1 aromatic carbocycles. The van der Waals surface area contributed by atoms with E-state index in [1.165, 1.54) is 4.88 Å². The summed E-state index contributed by atoms with van der Waals surface area (Å²) in [5.74, 6) is 0.661. The van der Waals surface area contributed by atoms with Crippen LogP contribution >= 0.6 is 22.9 Å². The number of nitrogens with one attached hydrogen (secondary N) is 1. The molecule has 19 heavy (non-hydrogen) atoms. The molecule has 2 nitrogen and oxygen atoms in total. The minimum absolute atomic E-state index is 0.661. The third-order valence-corrected chi connectivity index (χ3v) is 3.97. The van der Waals surface area contributed by atoms with Crippen molar-refractivity contribution >= 4 is 22.9 Å². The Morgan fingerprint density at radius 2 is 2.16 bits per heavy atom. The Hall–Kier alpha value is -0.900. The van der Waals surface area contributed by atoms with E-state index in [1.54, 1.807) is 11.3 Å². The minimum Gasteiger partial charge on any atom is -0.310 e. The SMILES string of the molecule is Cc1sc(CNCC(C)C)nc1-c1cccc(Cl)c1. The van der Waals surface area contributed by atoms with E-state index in [0.29, 0.717) is 5.92 Å². The number of aryl methyl sites for hydroxylation is 1. The first-order valence-electron chi connectivity index (χ1n) is 6.49. The van der Waals surface area contributed by atoms with Crippen LogP contribution in [0.5, 0.6) is 0 Å². The zero-order chi connectivity index (χ0) is 13.8. The number of benzene rings is 1. The molecule has 1 heterocycles. The average Bonchev–Trinajstić information content (AvgIpc) is 2.70. The molecule has 0 aliphatic rings. The van der Waals surface area contributed by atoms with Crippen LogP contribution in [0.15, 0.2) is 24.3 Å². The highest BCUT2D eigenvalue weighted by atomic mass is 35.5. The molecule has 0 radical (unpaired) electrons. The highest BCUT2D eigenvalue weighted by Gasteiger charge is 2.10. The van der Waals surface area contributed by atoms with Crippen LogP contribution < -0.4 is 5.32 Å². The predicted octanol–water partition coefficient (Wildman–Crippen LogP) is 4.52. The first-order valence-corrected chi connectivity index (χ1v) is 7.68. The summed E-state index contributed by atoms with van der Waals surface area (Å²) < 4.78 is 0. The van der Waals surface area contributed by atoms with E-state index in [4.69, 9.17) is 16.6 Å². The molecular weight excluding hydrogens is 276 g/mol. The number of thiazole rings is 1.